The van der Waals surface area contributed by atoms with Crippen molar-refractivity contribution in [1.82, 2.24) is 0 Å². The van der Waals surface area contributed by atoms with Crippen LogP contribution in [0.5, 0.6) is 11.5 Å². The fraction of sp³-hybridized carbons (Fsp3) is 0.200. The summed E-state index contributed by atoms with van der Waals surface area (Å²) in [5, 5.41) is 0. The van der Waals surface area contributed by atoms with Crippen LogP contribution >= 0.6 is 0 Å². The highest BCUT2D eigenvalue weighted by molar-refractivity contribution is 7.91. The number of hydrogen-bond acceptors (Lipinski definition) is 3. The van der Waals surface area contributed by atoms with Crippen molar-refractivity contribution in [2.24, 2.45) is 0 Å². The van der Waals surface area contributed by atoms with E-state index in [2.05, 4.69) is 0 Å². The monoisotopic (exact) mass is 276 g/mol. The molecule has 2 aromatic rings. The Bertz CT molecular complexity index is 661. The molecular weight excluding hydrogens is 260 g/mol. The Morgan fingerprint density at radius 2 is 1.74 bits per heavy atom. The van der Waals surface area contributed by atoms with Gasteiger partial charge in [0.05, 0.1) is 5.75 Å². The number of sulfone groups is 1. The van der Waals surface area contributed by atoms with E-state index in [1.807, 2.05) is 25.1 Å². The van der Waals surface area contributed by atoms with Gasteiger partial charge < -0.3 is 4.74 Å². The molecule has 0 N–H and O–H groups in total. The molecule has 100 valence electrons. The lowest BCUT2D eigenvalue weighted by Gasteiger charge is -2.11. The van der Waals surface area contributed by atoms with E-state index >= 15 is 0 Å². The van der Waals surface area contributed by atoms with Crippen LogP contribution in [0, 0.1) is 6.92 Å². The third kappa shape index (κ3) is 3.15. The van der Waals surface area contributed by atoms with E-state index in [4.69, 9.17) is 4.74 Å². The lowest BCUT2D eigenvalue weighted by Crippen LogP contribution is -2.05. The van der Waals surface area contributed by atoms with Gasteiger partial charge in [-0.15, -0.1) is 0 Å². The van der Waals surface area contributed by atoms with Crippen LogP contribution in [0.25, 0.3) is 0 Å². The molecule has 4 heteroatoms. The molecule has 0 aliphatic heterocycles. The van der Waals surface area contributed by atoms with Gasteiger partial charge in [-0.25, -0.2) is 8.42 Å². The van der Waals surface area contributed by atoms with Crippen molar-refractivity contribution in [2.45, 2.75) is 18.7 Å². The normalized spacial score (nSPS) is 11.3. The minimum atomic E-state index is -3.29. The fourth-order valence-electron chi connectivity index (χ4n) is 1.72. The second kappa shape index (κ2) is 5.45. The summed E-state index contributed by atoms with van der Waals surface area (Å²) in [6.07, 6.45) is 0. The quantitative estimate of drug-likeness (QED) is 0.857. The van der Waals surface area contributed by atoms with Crippen LogP contribution in [0.3, 0.4) is 0 Å². The van der Waals surface area contributed by atoms with Crippen LogP contribution in [-0.4, -0.2) is 14.2 Å². The number of para-hydroxylation sites is 1. The highest BCUT2D eigenvalue weighted by Crippen LogP contribution is 2.30. The van der Waals surface area contributed by atoms with Gasteiger partial charge in [-0.1, -0.05) is 31.2 Å². The molecule has 0 radical (unpaired) electrons. The second-order valence-electron chi connectivity index (χ2n) is 4.27. The van der Waals surface area contributed by atoms with E-state index in [1.54, 1.807) is 37.3 Å². The van der Waals surface area contributed by atoms with Gasteiger partial charge in [0.15, 0.2) is 9.84 Å². The first-order chi connectivity index (χ1) is 9.03. The van der Waals surface area contributed by atoms with Crippen molar-refractivity contribution >= 4 is 9.84 Å². The largest absolute Gasteiger partial charge is 0.456 e. The van der Waals surface area contributed by atoms with Gasteiger partial charge >= 0.3 is 0 Å². The Balaban J connectivity index is 2.47. The molecule has 2 aromatic carbocycles. The summed E-state index contributed by atoms with van der Waals surface area (Å²) in [6, 6.07) is 14.3. The molecule has 0 unspecified atom stereocenters. The minimum Gasteiger partial charge on any atom is -0.456 e. The van der Waals surface area contributed by atoms with Crippen LogP contribution in [0.4, 0.5) is 0 Å². The molecule has 3 nitrogen and oxygen atoms in total. The predicted molar refractivity (Wildman–Crippen MR) is 75.4 cm³/mol. The van der Waals surface area contributed by atoms with Crippen LogP contribution in [0.2, 0.25) is 0 Å². The van der Waals surface area contributed by atoms with E-state index in [1.165, 1.54) is 0 Å². The fourth-order valence-corrected chi connectivity index (χ4v) is 2.72. The highest BCUT2D eigenvalue weighted by atomic mass is 32.2. The topological polar surface area (TPSA) is 43.4 Å². The SMILES string of the molecule is CCS(=O)(=O)c1ccc(C)cc1Oc1ccccc1. The lowest BCUT2D eigenvalue weighted by molar-refractivity contribution is 0.467. The Labute approximate surface area is 113 Å². The summed E-state index contributed by atoms with van der Waals surface area (Å²) in [5.41, 5.74) is 0.959. The van der Waals surface area contributed by atoms with E-state index in [0.717, 1.165) is 5.56 Å². The Hall–Kier alpha value is -1.81. The molecule has 0 aliphatic carbocycles. The summed E-state index contributed by atoms with van der Waals surface area (Å²) in [4.78, 5) is 0.240. The zero-order chi connectivity index (χ0) is 13.9. The number of hydrogen-bond donors (Lipinski definition) is 0. The van der Waals surface area contributed by atoms with Gasteiger partial charge in [0.1, 0.15) is 16.4 Å². The van der Waals surface area contributed by atoms with Gasteiger partial charge in [-0.05, 0) is 36.8 Å². The van der Waals surface area contributed by atoms with Crippen LogP contribution in [0.1, 0.15) is 12.5 Å². The van der Waals surface area contributed by atoms with Gasteiger partial charge in [0, 0.05) is 0 Å². The molecule has 0 amide bonds. The maximum atomic E-state index is 12.0. The summed E-state index contributed by atoms with van der Waals surface area (Å²) in [5.74, 6) is 1.06. The van der Waals surface area contributed by atoms with E-state index in [-0.39, 0.29) is 10.6 Å². The molecule has 19 heavy (non-hydrogen) atoms. The zero-order valence-electron chi connectivity index (χ0n) is 11.0. The minimum absolute atomic E-state index is 0.0568. The molecule has 0 bridgehead atoms. The number of ether oxygens (including phenoxy) is 1. The molecule has 0 fully saturated rings. The molecule has 0 aliphatic rings. The molecule has 0 aromatic heterocycles. The van der Waals surface area contributed by atoms with Gasteiger partial charge in [-0.3, -0.25) is 0 Å². The second-order valence-corrected chi connectivity index (χ2v) is 6.52. The van der Waals surface area contributed by atoms with E-state index in [0.29, 0.717) is 11.5 Å². The number of aryl methyl sites for hydroxylation is 1. The summed E-state index contributed by atoms with van der Waals surface area (Å²) >= 11 is 0. The highest BCUT2D eigenvalue weighted by Gasteiger charge is 2.18. The summed E-state index contributed by atoms with van der Waals surface area (Å²) in [6.45, 7) is 3.53. The van der Waals surface area contributed by atoms with Crippen LogP contribution < -0.4 is 4.74 Å². The van der Waals surface area contributed by atoms with Crippen molar-refractivity contribution in [3.8, 4) is 11.5 Å². The maximum Gasteiger partial charge on any atom is 0.181 e. The third-order valence-electron chi connectivity index (χ3n) is 2.79. The maximum absolute atomic E-state index is 12.0. The van der Waals surface area contributed by atoms with Crippen molar-refractivity contribution in [1.29, 1.82) is 0 Å². The first-order valence-electron chi connectivity index (χ1n) is 6.09. The van der Waals surface area contributed by atoms with Crippen molar-refractivity contribution in [3.05, 3.63) is 54.1 Å². The van der Waals surface area contributed by atoms with Crippen molar-refractivity contribution < 1.29 is 13.2 Å². The number of benzene rings is 2. The van der Waals surface area contributed by atoms with E-state index in [9.17, 15) is 8.42 Å². The first-order valence-corrected chi connectivity index (χ1v) is 7.74. The van der Waals surface area contributed by atoms with Gasteiger partial charge in [-0.2, -0.15) is 0 Å². The molecule has 0 saturated carbocycles. The molecule has 0 saturated heterocycles. The average Bonchev–Trinajstić information content (AvgIpc) is 2.40. The molecular formula is C15H16O3S. The molecule has 0 heterocycles. The van der Waals surface area contributed by atoms with Crippen molar-refractivity contribution in [2.75, 3.05) is 5.75 Å². The Kier molecular flexibility index (Phi) is 3.90. The first kappa shape index (κ1) is 13.6. The molecule has 2 rings (SSSR count). The number of rotatable bonds is 4. The van der Waals surface area contributed by atoms with Crippen LogP contribution in [-0.2, 0) is 9.84 Å². The van der Waals surface area contributed by atoms with Gasteiger partial charge in [0.2, 0.25) is 0 Å². The lowest BCUT2D eigenvalue weighted by atomic mass is 10.2. The zero-order valence-corrected chi connectivity index (χ0v) is 11.8. The Morgan fingerprint density at radius 3 is 2.37 bits per heavy atom. The Morgan fingerprint density at radius 1 is 1.05 bits per heavy atom. The van der Waals surface area contributed by atoms with Crippen LogP contribution in [0.15, 0.2) is 53.4 Å². The third-order valence-corrected chi connectivity index (χ3v) is 4.55. The van der Waals surface area contributed by atoms with Crippen molar-refractivity contribution in [3.63, 3.8) is 0 Å². The molecule has 0 atom stereocenters. The summed E-state index contributed by atoms with van der Waals surface area (Å²) < 4.78 is 29.8. The van der Waals surface area contributed by atoms with Gasteiger partial charge in [0.25, 0.3) is 0 Å². The standard InChI is InChI=1S/C15H16O3S/c1-3-19(16,17)15-10-9-12(2)11-14(15)18-13-7-5-4-6-8-13/h4-11H,3H2,1-2H3. The smallest absolute Gasteiger partial charge is 0.181 e. The molecule has 0 spiro atoms. The predicted octanol–water partition coefficient (Wildman–Crippen LogP) is 3.58. The summed E-state index contributed by atoms with van der Waals surface area (Å²) in [7, 11) is -3.29. The average molecular weight is 276 g/mol. The van der Waals surface area contributed by atoms with E-state index < -0.39 is 9.84 Å².